The number of carboxylic acids is 1. The largest absolute Gasteiger partial charge is 0.481 e. The fourth-order valence-electron chi connectivity index (χ4n) is 3.31. The van der Waals surface area contributed by atoms with Crippen LogP contribution in [-0.4, -0.2) is 34.2 Å². The van der Waals surface area contributed by atoms with Crippen molar-refractivity contribution in [2.75, 3.05) is 0 Å². The summed E-state index contributed by atoms with van der Waals surface area (Å²) in [4.78, 5) is 23.4. The topological polar surface area (TPSA) is 86.6 Å². The summed E-state index contributed by atoms with van der Waals surface area (Å²) in [6, 6.07) is -0.197. The van der Waals surface area contributed by atoms with E-state index in [0.29, 0.717) is 12.8 Å². The number of aliphatic hydroxyl groups is 1. The number of aliphatic carboxylic acids is 1. The predicted molar refractivity (Wildman–Crippen MR) is 69.5 cm³/mol. The van der Waals surface area contributed by atoms with Gasteiger partial charge in [-0.2, -0.15) is 0 Å². The van der Waals surface area contributed by atoms with E-state index in [2.05, 4.69) is 5.32 Å². The average molecular weight is 269 g/mol. The number of carbonyl (C=O) groups is 2. The van der Waals surface area contributed by atoms with E-state index in [1.165, 1.54) is 0 Å². The lowest BCUT2D eigenvalue weighted by atomic mass is 9.78. The van der Waals surface area contributed by atoms with Crippen LogP contribution in [0.25, 0.3) is 0 Å². The average Bonchev–Trinajstić information content (AvgIpc) is 2.41. The highest BCUT2D eigenvalue weighted by atomic mass is 16.4. The number of rotatable bonds is 3. The molecule has 3 N–H and O–H groups in total. The second-order valence-electron chi connectivity index (χ2n) is 5.80. The molecule has 0 heterocycles. The van der Waals surface area contributed by atoms with E-state index >= 15 is 0 Å². The minimum absolute atomic E-state index is 0.182. The third-order valence-electron chi connectivity index (χ3n) is 4.48. The van der Waals surface area contributed by atoms with Gasteiger partial charge in [0.15, 0.2) is 0 Å². The lowest BCUT2D eigenvalue weighted by Gasteiger charge is -2.32. The van der Waals surface area contributed by atoms with Crippen LogP contribution in [0.3, 0.4) is 0 Å². The molecule has 2 rings (SSSR count). The van der Waals surface area contributed by atoms with Crippen LogP contribution in [0.1, 0.15) is 51.4 Å². The lowest BCUT2D eigenvalue weighted by Crippen LogP contribution is -2.49. The van der Waals surface area contributed by atoms with Crippen LogP contribution in [0, 0.1) is 11.8 Å². The molecule has 5 nitrogen and oxygen atoms in total. The Morgan fingerprint density at radius 2 is 1.47 bits per heavy atom. The monoisotopic (exact) mass is 269 g/mol. The third-order valence-corrected chi connectivity index (χ3v) is 4.48. The fraction of sp³-hybridized carbons (Fsp3) is 0.857. The molecule has 19 heavy (non-hydrogen) atoms. The zero-order chi connectivity index (χ0) is 13.8. The maximum absolute atomic E-state index is 12.2. The van der Waals surface area contributed by atoms with E-state index in [4.69, 9.17) is 0 Å². The van der Waals surface area contributed by atoms with Crippen molar-refractivity contribution in [3.05, 3.63) is 0 Å². The van der Waals surface area contributed by atoms with Gasteiger partial charge in [-0.25, -0.2) is 0 Å². The molecule has 0 aromatic rings. The Labute approximate surface area is 113 Å². The predicted octanol–water partition coefficient (Wildman–Crippen LogP) is 1.30. The first-order valence-corrected chi connectivity index (χ1v) is 7.31. The molecule has 4 atom stereocenters. The highest BCUT2D eigenvalue weighted by Crippen LogP contribution is 2.31. The van der Waals surface area contributed by atoms with Crippen LogP contribution in [0.5, 0.6) is 0 Å². The highest BCUT2D eigenvalue weighted by Gasteiger charge is 2.37. The molecule has 2 saturated carbocycles. The summed E-state index contributed by atoms with van der Waals surface area (Å²) in [5.41, 5.74) is 0. The van der Waals surface area contributed by atoms with Crippen LogP contribution in [0.4, 0.5) is 0 Å². The van der Waals surface area contributed by atoms with Crippen molar-refractivity contribution in [2.45, 2.75) is 63.5 Å². The Morgan fingerprint density at radius 3 is 2.11 bits per heavy atom. The Kier molecular flexibility index (Phi) is 4.80. The van der Waals surface area contributed by atoms with Crippen molar-refractivity contribution in [2.24, 2.45) is 11.8 Å². The van der Waals surface area contributed by atoms with E-state index in [1.807, 2.05) is 0 Å². The van der Waals surface area contributed by atoms with Gasteiger partial charge < -0.3 is 15.5 Å². The fourth-order valence-corrected chi connectivity index (χ4v) is 3.31. The van der Waals surface area contributed by atoms with E-state index in [0.717, 1.165) is 38.5 Å². The summed E-state index contributed by atoms with van der Waals surface area (Å²) in [5, 5.41) is 21.9. The minimum Gasteiger partial charge on any atom is -0.481 e. The smallest absolute Gasteiger partial charge is 0.307 e. The van der Waals surface area contributed by atoms with Crippen LogP contribution in [0.15, 0.2) is 0 Å². The second kappa shape index (κ2) is 6.37. The van der Waals surface area contributed by atoms with Crippen molar-refractivity contribution in [1.82, 2.24) is 5.32 Å². The Balaban J connectivity index is 1.95. The van der Waals surface area contributed by atoms with Crippen LogP contribution >= 0.6 is 0 Å². The number of hydrogen-bond donors (Lipinski definition) is 3. The molecule has 0 aromatic carbocycles. The van der Waals surface area contributed by atoms with Crippen LogP contribution in [-0.2, 0) is 9.59 Å². The number of aliphatic hydroxyl groups excluding tert-OH is 1. The van der Waals surface area contributed by atoms with Crippen molar-refractivity contribution in [3.63, 3.8) is 0 Å². The Bertz CT molecular complexity index is 344. The molecule has 0 saturated heterocycles. The zero-order valence-corrected chi connectivity index (χ0v) is 11.2. The van der Waals surface area contributed by atoms with Gasteiger partial charge >= 0.3 is 5.97 Å². The molecule has 2 fully saturated rings. The molecular formula is C14H23NO4. The first-order valence-electron chi connectivity index (χ1n) is 7.31. The Morgan fingerprint density at radius 1 is 0.895 bits per heavy atom. The lowest BCUT2D eigenvalue weighted by molar-refractivity contribution is -0.149. The van der Waals surface area contributed by atoms with E-state index in [-0.39, 0.29) is 11.9 Å². The molecule has 2 aliphatic carbocycles. The second-order valence-corrected chi connectivity index (χ2v) is 5.80. The molecular weight excluding hydrogens is 246 g/mol. The van der Waals surface area contributed by atoms with Gasteiger partial charge in [-0.05, 0) is 25.7 Å². The summed E-state index contributed by atoms with van der Waals surface area (Å²) < 4.78 is 0. The summed E-state index contributed by atoms with van der Waals surface area (Å²) in [6.45, 7) is 0. The molecule has 0 spiro atoms. The van der Waals surface area contributed by atoms with E-state index in [9.17, 15) is 19.8 Å². The molecule has 2 aliphatic rings. The Hall–Kier alpha value is -1.10. The molecule has 5 heteroatoms. The summed E-state index contributed by atoms with van der Waals surface area (Å²) in [5.74, 6) is -2.04. The molecule has 1 amide bonds. The summed E-state index contributed by atoms with van der Waals surface area (Å²) in [6.07, 6.45) is 6.05. The minimum atomic E-state index is -0.871. The molecule has 0 bridgehead atoms. The van der Waals surface area contributed by atoms with Gasteiger partial charge in [0.05, 0.1) is 24.0 Å². The molecule has 0 radical (unpaired) electrons. The quantitative estimate of drug-likeness (QED) is 0.720. The van der Waals surface area contributed by atoms with Crippen LogP contribution < -0.4 is 5.32 Å². The third kappa shape index (κ3) is 3.47. The van der Waals surface area contributed by atoms with Gasteiger partial charge in [-0.3, -0.25) is 9.59 Å². The number of nitrogens with one attached hydrogen (secondary N) is 1. The van der Waals surface area contributed by atoms with Crippen LogP contribution in [0.2, 0.25) is 0 Å². The molecule has 0 aromatic heterocycles. The molecule has 0 unspecified atom stereocenters. The molecule has 0 aliphatic heterocycles. The first-order chi connectivity index (χ1) is 9.09. The van der Waals surface area contributed by atoms with Gasteiger partial charge in [0.25, 0.3) is 0 Å². The van der Waals surface area contributed by atoms with Crippen molar-refractivity contribution >= 4 is 11.9 Å². The van der Waals surface area contributed by atoms with Gasteiger partial charge in [-0.15, -0.1) is 0 Å². The van der Waals surface area contributed by atoms with Crippen molar-refractivity contribution < 1.29 is 19.8 Å². The van der Waals surface area contributed by atoms with Crippen molar-refractivity contribution in [3.8, 4) is 0 Å². The number of hydrogen-bond acceptors (Lipinski definition) is 3. The van der Waals surface area contributed by atoms with Gasteiger partial charge in [0.1, 0.15) is 0 Å². The SMILES string of the molecule is O=C(O)[C@H]1CCCC[C@H]1C(=O)N[C@H]1CCCC[C@@H]1O. The maximum Gasteiger partial charge on any atom is 0.307 e. The summed E-state index contributed by atoms with van der Waals surface area (Å²) in [7, 11) is 0. The normalized spacial score (nSPS) is 35.6. The van der Waals surface area contributed by atoms with Gasteiger partial charge in [0, 0.05) is 0 Å². The number of amides is 1. The standard InChI is InChI=1S/C14H23NO4/c16-12-8-4-3-7-11(12)15-13(17)9-5-1-2-6-10(9)14(18)19/h9-12,16H,1-8H2,(H,15,17)(H,18,19)/t9-,10+,11+,12+/m1/s1. The number of carbonyl (C=O) groups excluding carboxylic acids is 1. The maximum atomic E-state index is 12.2. The van der Waals surface area contributed by atoms with E-state index in [1.54, 1.807) is 0 Å². The molecule has 108 valence electrons. The van der Waals surface area contributed by atoms with E-state index < -0.39 is 23.9 Å². The highest BCUT2D eigenvalue weighted by molar-refractivity contribution is 5.85. The van der Waals surface area contributed by atoms with Gasteiger partial charge in [0.2, 0.25) is 5.91 Å². The van der Waals surface area contributed by atoms with Crippen molar-refractivity contribution in [1.29, 1.82) is 0 Å². The number of carboxylic acid groups (broad SMARTS) is 1. The van der Waals surface area contributed by atoms with Gasteiger partial charge in [-0.1, -0.05) is 25.7 Å². The summed E-state index contributed by atoms with van der Waals surface area (Å²) >= 11 is 0. The first kappa shape index (κ1) is 14.3. The zero-order valence-electron chi connectivity index (χ0n) is 11.2.